The second kappa shape index (κ2) is 7.65. The van der Waals surface area contributed by atoms with E-state index in [1.165, 1.54) is 43.1 Å². The standard InChI is InChI=1S/C18H20FNO4S/c1-3-24-17(21)18(19,14-20(2)15-10-6-4-7-11-15)25(22,23)16-12-8-5-9-13-16/h4-13H,3,14H2,1-2H3. The number of hydrogen-bond donors (Lipinski definition) is 0. The minimum Gasteiger partial charge on any atom is -0.463 e. The Kier molecular flexibility index (Phi) is 5.79. The molecule has 1 unspecified atom stereocenters. The molecule has 0 aromatic heterocycles. The number of halogens is 1. The maximum atomic E-state index is 15.7. The normalized spacial score (nSPS) is 13.7. The lowest BCUT2D eigenvalue weighted by atomic mass is 10.2. The van der Waals surface area contributed by atoms with Crippen LogP contribution in [-0.2, 0) is 19.4 Å². The molecule has 2 aromatic rings. The fourth-order valence-electron chi connectivity index (χ4n) is 2.36. The quantitative estimate of drug-likeness (QED) is 0.706. The van der Waals surface area contributed by atoms with Crippen molar-refractivity contribution in [2.75, 3.05) is 25.1 Å². The Morgan fingerprint density at radius 1 is 1.08 bits per heavy atom. The number of carbonyl (C=O) groups is 1. The molecule has 0 saturated carbocycles. The summed E-state index contributed by atoms with van der Waals surface area (Å²) in [6, 6.07) is 15.7. The fraction of sp³-hybridized carbons (Fsp3) is 0.278. The summed E-state index contributed by atoms with van der Waals surface area (Å²) in [5, 5.41) is -3.23. The molecule has 0 N–H and O–H groups in total. The predicted octanol–water partition coefficient (Wildman–Crippen LogP) is 2.83. The third-order valence-corrected chi connectivity index (χ3v) is 5.74. The van der Waals surface area contributed by atoms with Crippen molar-refractivity contribution >= 4 is 21.5 Å². The molecule has 0 aliphatic carbocycles. The number of nitrogens with zero attached hydrogens (tertiary/aromatic N) is 1. The van der Waals surface area contributed by atoms with Crippen LogP contribution >= 0.6 is 0 Å². The maximum absolute atomic E-state index is 15.7. The smallest absolute Gasteiger partial charge is 0.362 e. The Morgan fingerprint density at radius 2 is 1.60 bits per heavy atom. The van der Waals surface area contributed by atoms with Crippen LogP contribution in [0.1, 0.15) is 6.92 Å². The molecule has 0 saturated heterocycles. The summed E-state index contributed by atoms with van der Waals surface area (Å²) in [4.78, 5) is 13.3. The van der Waals surface area contributed by atoms with Crippen molar-refractivity contribution in [1.82, 2.24) is 0 Å². The number of para-hydroxylation sites is 1. The van der Waals surface area contributed by atoms with Crippen LogP contribution in [0.15, 0.2) is 65.6 Å². The van der Waals surface area contributed by atoms with Crippen molar-refractivity contribution < 1.29 is 22.3 Å². The van der Waals surface area contributed by atoms with Gasteiger partial charge in [-0.2, -0.15) is 0 Å². The molecule has 0 aliphatic heterocycles. The molecule has 0 heterocycles. The first kappa shape index (κ1) is 18.9. The summed E-state index contributed by atoms with van der Waals surface area (Å²) >= 11 is 0. The molecule has 2 rings (SSSR count). The molecule has 0 bridgehead atoms. The Hall–Kier alpha value is -2.41. The van der Waals surface area contributed by atoms with Gasteiger partial charge in [0.05, 0.1) is 18.0 Å². The van der Waals surface area contributed by atoms with Crippen LogP contribution < -0.4 is 4.90 Å². The zero-order valence-electron chi connectivity index (χ0n) is 14.1. The molecule has 2 aromatic carbocycles. The van der Waals surface area contributed by atoms with Gasteiger partial charge in [0.15, 0.2) is 0 Å². The van der Waals surface area contributed by atoms with Gasteiger partial charge in [0.2, 0.25) is 9.84 Å². The fourth-order valence-corrected chi connectivity index (χ4v) is 3.89. The molecule has 7 heteroatoms. The minimum absolute atomic E-state index is 0.121. The summed E-state index contributed by atoms with van der Waals surface area (Å²) < 4.78 is 46.1. The number of sulfone groups is 1. The number of anilines is 1. The molecule has 1 atom stereocenters. The van der Waals surface area contributed by atoms with Crippen molar-refractivity contribution in [1.29, 1.82) is 0 Å². The molecule has 134 valence electrons. The van der Waals surface area contributed by atoms with Gasteiger partial charge in [-0.3, -0.25) is 0 Å². The Balaban J connectivity index is 2.46. The molecule has 25 heavy (non-hydrogen) atoms. The molecule has 0 spiro atoms. The van der Waals surface area contributed by atoms with Crippen molar-refractivity contribution in [3.8, 4) is 0 Å². The van der Waals surface area contributed by atoms with Gasteiger partial charge in [0.25, 0.3) is 0 Å². The Labute approximate surface area is 147 Å². The largest absolute Gasteiger partial charge is 0.463 e. The SMILES string of the molecule is CCOC(=O)C(F)(CN(C)c1ccccc1)S(=O)(=O)c1ccccc1. The lowest BCUT2D eigenvalue weighted by Gasteiger charge is -2.29. The maximum Gasteiger partial charge on any atom is 0.362 e. The lowest BCUT2D eigenvalue weighted by molar-refractivity contribution is -0.151. The summed E-state index contributed by atoms with van der Waals surface area (Å²) in [7, 11) is -3.09. The summed E-state index contributed by atoms with van der Waals surface area (Å²) in [6.45, 7) is 0.686. The van der Waals surface area contributed by atoms with E-state index in [2.05, 4.69) is 0 Å². The van der Waals surface area contributed by atoms with Gasteiger partial charge in [-0.05, 0) is 31.2 Å². The number of ether oxygens (including phenoxy) is 1. The highest BCUT2D eigenvalue weighted by Crippen LogP contribution is 2.31. The van der Waals surface area contributed by atoms with Crippen LogP contribution in [0.2, 0.25) is 0 Å². The van der Waals surface area contributed by atoms with Crippen LogP contribution in [0.5, 0.6) is 0 Å². The van der Waals surface area contributed by atoms with E-state index in [4.69, 9.17) is 4.74 Å². The van der Waals surface area contributed by atoms with Crippen molar-refractivity contribution in [2.24, 2.45) is 0 Å². The topological polar surface area (TPSA) is 63.7 Å². The minimum atomic E-state index is -4.61. The van der Waals surface area contributed by atoms with Gasteiger partial charge in [0, 0.05) is 12.7 Å². The highest BCUT2D eigenvalue weighted by molar-refractivity contribution is 7.93. The number of alkyl halides is 1. The van der Waals surface area contributed by atoms with E-state index in [0.717, 1.165) is 0 Å². The summed E-state index contributed by atoms with van der Waals surface area (Å²) in [6.07, 6.45) is 0. The van der Waals surface area contributed by atoms with Gasteiger partial charge < -0.3 is 9.64 Å². The van der Waals surface area contributed by atoms with Crippen molar-refractivity contribution in [3.05, 3.63) is 60.7 Å². The van der Waals surface area contributed by atoms with Crippen molar-refractivity contribution in [3.63, 3.8) is 0 Å². The number of hydrogen-bond acceptors (Lipinski definition) is 5. The second-order valence-corrected chi connectivity index (χ2v) is 7.58. The van der Waals surface area contributed by atoms with Crippen LogP contribution in [0.25, 0.3) is 0 Å². The van der Waals surface area contributed by atoms with Crippen LogP contribution in [0, 0.1) is 0 Å². The molecular weight excluding hydrogens is 345 g/mol. The number of esters is 1. The first-order chi connectivity index (χ1) is 11.8. The number of carbonyl (C=O) groups excluding carboxylic acids is 1. The monoisotopic (exact) mass is 365 g/mol. The zero-order chi connectivity index (χ0) is 18.5. The molecule has 0 radical (unpaired) electrons. The number of rotatable bonds is 7. The Bertz CT molecular complexity index is 811. The average molecular weight is 365 g/mol. The molecular formula is C18H20FNO4S. The first-order valence-electron chi connectivity index (χ1n) is 7.75. The molecule has 5 nitrogen and oxygen atoms in total. The van der Waals surface area contributed by atoms with E-state index in [1.807, 2.05) is 0 Å². The number of benzene rings is 2. The molecule has 0 amide bonds. The predicted molar refractivity (Wildman–Crippen MR) is 93.8 cm³/mol. The van der Waals surface area contributed by atoms with E-state index < -0.39 is 27.4 Å². The van der Waals surface area contributed by atoms with E-state index in [9.17, 15) is 13.2 Å². The molecule has 0 fully saturated rings. The van der Waals surface area contributed by atoms with Crippen LogP contribution in [0.3, 0.4) is 0 Å². The third kappa shape index (κ3) is 3.82. The van der Waals surface area contributed by atoms with Gasteiger partial charge in [-0.15, -0.1) is 0 Å². The average Bonchev–Trinajstić information content (AvgIpc) is 2.63. The molecule has 0 aliphatic rings. The van der Waals surface area contributed by atoms with E-state index in [0.29, 0.717) is 5.69 Å². The summed E-state index contributed by atoms with van der Waals surface area (Å²) in [5.41, 5.74) is 0.581. The van der Waals surface area contributed by atoms with Gasteiger partial charge in [-0.1, -0.05) is 36.4 Å². The van der Waals surface area contributed by atoms with Crippen LogP contribution in [0.4, 0.5) is 10.1 Å². The van der Waals surface area contributed by atoms with E-state index in [-0.39, 0.29) is 11.5 Å². The van der Waals surface area contributed by atoms with E-state index in [1.54, 1.807) is 36.4 Å². The van der Waals surface area contributed by atoms with E-state index >= 15 is 4.39 Å². The highest BCUT2D eigenvalue weighted by Gasteiger charge is 2.54. The van der Waals surface area contributed by atoms with Gasteiger partial charge in [-0.25, -0.2) is 17.6 Å². The first-order valence-corrected chi connectivity index (χ1v) is 9.23. The highest BCUT2D eigenvalue weighted by atomic mass is 32.2. The van der Waals surface area contributed by atoms with Gasteiger partial charge in [0.1, 0.15) is 0 Å². The second-order valence-electron chi connectivity index (χ2n) is 5.46. The Morgan fingerprint density at radius 3 is 2.12 bits per heavy atom. The lowest BCUT2D eigenvalue weighted by Crippen LogP contribution is -2.51. The van der Waals surface area contributed by atoms with Gasteiger partial charge >= 0.3 is 11.0 Å². The third-order valence-electron chi connectivity index (χ3n) is 3.70. The summed E-state index contributed by atoms with van der Waals surface area (Å²) in [5.74, 6) is -1.42. The van der Waals surface area contributed by atoms with Crippen LogP contribution in [-0.4, -0.2) is 39.6 Å². The zero-order valence-corrected chi connectivity index (χ0v) is 14.9. The van der Waals surface area contributed by atoms with Crippen molar-refractivity contribution in [2.45, 2.75) is 16.8 Å².